The molecule has 29 heavy (non-hydrogen) atoms. The number of carbonyl (C=O) groups is 1. The van der Waals surface area contributed by atoms with Gasteiger partial charge in [0.1, 0.15) is 11.5 Å². The third kappa shape index (κ3) is 8.31. The van der Waals surface area contributed by atoms with Crippen molar-refractivity contribution >= 4 is 5.97 Å². The summed E-state index contributed by atoms with van der Waals surface area (Å²) in [4.78, 5) is 12.4. The maximum absolute atomic E-state index is 12.4. The summed E-state index contributed by atoms with van der Waals surface area (Å²) in [7, 11) is 0. The molecule has 0 N–H and O–H groups in total. The molecule has 0 bridgehead atoms. The van der Waals surface area contributed by atoms with Crippen molar-refractivity contribution in [1.82, 2.24) is 0 Å². The van der Waals surface area contributed by atoms with E-state index in [2.05, 4.69) is 39.8 Å². The molecule has 0 aliphatic heterocycles. The minimum atomic E-state index is -0.348. The molecule has 0 heterocycles. The van der Waals surface area contributed by atoms with Crippen molar-refractivity contribution in [3.63, 3.8) is 0 Å². The van der Waals surface area contributed by atoms with Crippen LogP contribution < -0.4 is 9.47 Å². The Morgan fingerprint density at radius 2 is 1.52 bits per heavy atom. The first kappa shape index (κ1) is 23.0. The van der Waals surface area contributed by atoms with Gasteiger partial charge in [-0.1, -0.05) is 58.6 Å². The van der Waals surface area contributed by atoms with E-state index in [9.17, 15) is 4.79 Å². The Bertz CT molecular complexity index is 719. The first-order valence-corrected chi connectivity index (χ1v) is 11.1. The molecule has 0 aliphatic rings. The molecule has 2 aromatic carbocycles. The van der Waals surface area contributed by atoms with Crippen molar-refractivity contribution in [3.8, 4) is 11.5 Å². The summed E-state index contributed by atoms with van der Waals surface area (Å²) in [6.45, 7) is 8.76. The number of benzene rings is 2. The lowest BCUT2D eigenvalue weighted by molar-refractivity contribution is 0.0734. The molecule has 1 unspecified atom stereocenters. The Hall–Kier alpha value is -2.29. The fourth-order valence-corrected chi connectivity index (χ4v) is 3.28. The number of ether oxygens (including phenoxy) is 2. The fourth-order valence-electron chi connectivity index (χ4n) is 3.28. The van der Waals surface area contributed by atoms with Gasteiger partial charge in [0.15, 0.2) is 0 Å². The summed E-state index contributed by atoms with van der Waals surface area (Å²) in [5.41, 5.74) is 1.81. The van der Waals surface area contributed by atoms with Gasteiger partial charge in [0.25, 0.3) is 0 Å². The van der Waals surface area contributed by atoms with Crippen molar-refractivity contribution in [2.24, 2.45) is 5.92 Å². The second kappa shape index (κ2) is 12.3. The van der Waals surface area contributed by atoms with Gasteiger partial charge in [-0.25, -0.2) is 4.79 Å². The van der Waals surface area contributed by atoms with Crippen LogP contribution in [0.2, 0.25) is 0 Å². The van der Waals surface area contributed by atoms with Crippen molar-refractivity contribution < 1.29 is 14.3 Å². The van der Waals surface area contributed by atoms with Crippen molar-refractivity contribution in [2.45, 2.75) is 78.7 Å². The van der Waals surface area contributed by atoms with E-state index in [-0.39, 0.29) is 12.1 Å². The smallest absolute Gasteiger partial charge is 0.343 e. The van der Waals surface area contributed by atoms with E-state index in [0.717, 1.165) is 30.9 Å². The van der Waals surface area contributed by atoms with Gasteiger partial charge >= 0.3 is 5.97 Å². The number of rotatable bonds is 12. The highest BCUT2D eigenvalue weighted by atomic mass is 16.5. The lowest BCUT2D eigenvalue weighted by Crippen LogP contribution is -2.11. The largest absolute Gasteiger partial charge is 0.491 e. The molecule has 0 aromatic heterocycles. The van der Waals surface area contributed by atoms with Crippen LogP contribution in [-0.4, -0.2) is 12.1 Å². The molecule has 0 saturated heterocycles. The Morgan fingerprint density at radius 1 is 0.862 bits per heavy atom. The topological polar surface area (TPSA) is 35.5 Å². The number of esters is 1. The maximum Gasteiger partial charge on any atom is 0.343 e. The number of hydrogen-bond acceptors (Lipinski definition) is 3. The zero-order chi connectivity index (χ0) is 21.1. The van der Waals surface area contributed by atoms with Crippen LogP contribution in [0.3, 0.4) is 0 Å². The second-order valence-electron chi connectivity index (χ2n) is 8.03. The monoisotopic (exact) mass is 396 g/mol. The number of unbranched alkanes of at least 4 members (excludes halogenated alkanes) is 1. The first-order chi connectivity index (χ1) is 14.0. The number of aryl methyl sites for hydroxylation is 1. The second-order valence-corrected chi connectivity index (χ2v) is 8.03. The van der Waals surface area contributed by atoms with Gasteiger partial charge in [-0.2, -0.15) is 0 Å². The molecule has 0 aliphatic carbocycles. The van der Waals surface area contributed by atoms with E-state index in [0.29, 0.717) is 11.3 Å². The third-order valence-electron chi connectivity index (χ3n) is 5.37. The van der Waals surface area contributed by atoms with Crippen molar-refractivity contribution in [3.05, 3.63) is 59.7 Å². The minimum Gasteiger partial charge on any atom is -0.491 e. The van der Waals surface area contributed by atoms with E-state index in [1.54, 1.807) is 12.1 Å². The lowest BCUT2D eigenvalue weighted by atomic mass is 9.99. The molecule has 0 radical (unpaired) electrons. The van der Waals surface area contributed by atoms with Crippen LogP contribution in [0.1, 0.15) is 82.1 Å². The Morgan fingerprint density at radius 3 is 2.14 bits per heavy atom. The molecule has 3 nitrogen and oxygen atoms in total. The normalized spacial score (nSPS) is 13.0. The molecule has 2 aromatic rings. The van der Waals surface area contributed by atoms with E-state index < -0.39 is 0 Å². The van der Waals surface area contributed by atoms with Crippen molar-refractivity contribution in [1.29, 1.82) is 0 Å². The van der Waals surface area contributed by atoms with Crippen LogP contribution in [0.15, 0.2) is 48.5 Å². The van der Waals surface area contributed by atoms with E-state index in [1.165, 1.54) is 31.2 Å². The molecule has 2 rings (SSSR count). The average Bonchev–Trinajstić information content (AvgIpc) is 2.72. The zero-order valence-corrected chi connectivity index (χ0v) is 18.4. The van der Waals surface area contributed by atoms with Crippen molar-refractivity contribution in [2.75, 3.05) is 0 Å². The summed E-state index contributed by atoms with van der Waals surface area (Å²) < 4.78 is 11.3. The maximum atomic E-state index is 12.4. The number of hydrogen-bond donors (Lipinski definition) is 0. The highest BCUT2D eigenvalue weighted by molar-refractivity contribution is 5.91. The Kier molecular flexibility index (Phi) is 9.76. The molecule has 0 amide bonds. The van der Waals surface area contributed by atoms with Crippen LogP contribution in [0.5, 0.6) is 11.5 Å². The fraction of sp³-hybridized carbons (Fsp3) is 0.500. The van der Waals surface area contributed by atoms with Gasteiger partial charge in [-0.3, -0.25) is 0 Å². The van der Waals surface area contributed by atoms with Gasteiger partial charge in [-0.15, -0.1) is 0 Å². The molecule has 0 saturated carbocycles. The first-order valence-electron chi connectivity index (χ1n) is 11.1. The highest BCUT2D eigenvalue weighted by Gasteiger charge is 2.10. The van der Waals surface area contributed by atoms with E-state index in [1.807, 2.05) is 24.3 Å². The predicted octanol–water partition coefficient (Wildman–Crippen LogP) is 7.23. The Labute approximate surface area is 176 Å². The molecular formula is C26H36O3. The number of carbonyl (C=O) groups excluding carboxylic acids is 1. The van der Waals surface area contributed by atoms with E-state index in [4.69, 9.17) is 9.47 Å². The lowest BCUT2D eigenvalue weighted by Gasteiger charge is -2.13. The van der Waals surface area contributed by atoms with Crippen LogP contribution in [0.4, 0.5) is 0 Å². The van der Waals surface area contributed by atoms with Gasteiger partial charge in [0.05, 0.1) is 11.7 Å². The molecule has 3 heteroatoms. The van der Waals surface area contributed by atoms with Gasteiger partial charge in [0, 0.05) is 0 Å². The quantitative estimate of drug-likeness (QED) is 0.216. The Balaban J connectivity index is 1.81. The predicted molar refractivity (Wildman–Crippen MR) is 120 cm³/mol. The molecule has 0 spiro atoms. The highest BCUT2D eigenvalue weighted by Crippen LogP contribution is 2.19. The summed E-state index contributed by atoms with van der Waals surface area (Å²) >= 11 is 0. The zero-order valence-electron chi connectivity index (χ0n) is 18.4. The van der Waals surface area contributed by atoms with Gasteiger partial charge in [-0.05, 0) is 74.1 Å². The third-order valence-corrected chi connectivity index (χ3v) is 5.37. The minimum absolute atomic E-state index is 0.173. The molecular weight excluding hydrogens is 360 g/mol. The van der Waals surface area contributed by atoms with Gasteiger partial charge in [0.2, 0.25) is 0 Å². The summed E-state index contributed by atoms with van der Waals surface area (Å²) in [6, 6.07) is 15.0. The summed E-state index contributed by atoms with van der Waals surface area (Å²) in [6.07, 6.45) is 8.37. The van der Waals surface area contributed by atoms with Gasteiger partial charge < -0.3 is 9.47 Å². The van der Waals surface area contributed by atoms with E-state index >= 15 is 0 Å². The van der Waals surface area contributed by atoms with Crippen LogP contribution >= 0.6 is 0 Å². The summed E-state index contributed by atoms with van der Waals surface area (Å²) in [5.74, 6) is 1.83. The van der Waals surface area contributed by atoms with Crippen LogP contribution in [0.25, 0.3) is 0 Å². The molecule has 0 fully saturated rings. The molecule has 2 atom stereocenters. The molecule has 158 valence electrons. The summed E-state index contributed by atoms with van der Waals surface area (Å²) in [5, 5.41) is 0. The van der Waals surface area contributed by atoms with Crippen LogP contribution in [-0.2, 0) is 6.42 Å². The van der Waals surface area contributed by atoms with Crippen LogP contribution in [0, 0.1) is 5.92 Å². The standard InChI is InChI=1S/C26H36O3/c1-5-9-21(4)28-24-18-14-23(15-19-24)26(27)29-25-16-12-22(13-17-25)11-8-7-10-20(3)6-2/h12-21H,5-11H2,1-4H3/t20?,21-/m1/s1. The average molecular weight is 397 g/mol. The SMILES string of the molecule is CCC[C@@H](C)Oc1ccc(C(=O)Oc2ccc(CCCCC(C)CC)cc2)cc1.